The molecule has 23 nitrogen and oxygen atoms in total. The van der Waals surface area contributed by atoms with E-state index in [-0.39, 0.29) is 71.5 Å². The third-order valence-electron chi connectivity index (χ3n) is 28.9. The molecule has 0 aliphatic carbocycles. The van der Waals surface area contributed by atoms with Gasteiger partial charge >= 0.3 is 36.4 Å². The predicted molar refractivity (Wildman–Crippen MR) is 569 cm³/mol. The summed E-state index contributed by atoms with van der Waals surface area (Å²) < 4.78 is 97.6. The van der Waals surface area contributed by atoms with E-state index in [0.29, 0.717) is 50.0 Å². The van der Waals surface area contributed by atoms with Gasteiger partial charge in [-0.25, -0.2) is 28.8 Å². The lowest BCUT2D eigenvalue weighted by Crippen LogP contribution is -2.63. The Balaban J connectivity index is 0.000000234. The van der Waals surface area contributed by atoms with Crippen molar-refractivity contribution in [3.8, 4) is 0 Å². The maximum absolute atomic E-state index is 14.8. The summed E-state index contributed by atoms with van der Waals surface area (Å²) in [6.45, 7) is 8.03. The number of carbonyl (C=O) groups is 6. The van der Waals surface area contributed by atoms with Crippen LogP contribution in [0.2, 0.25) is 0 Å². The van der Waals surface area contributed by atoms with E-state index in [4.69, 9.17) is 71.1 Å². The number of carbonyl (C=O) groups excluding carboxylic acids is 6. The van der Waals surface area contributed by atoms with Gasteiger partial charge in [0.2, 0.25) is 0 Å². The average molecular weight is 2020 g/mol. The topological polar surface area (TPSA) is 247 Å². The van der Waals surface area contributed by atoms with Crippen LogP contribution >= 0.6 is 0 Å². The lowest BCUT2D eigenvalue weighted by Gasteiger charge is -2.47. The van der Waals surface area contributed by atoms with Gasteiger partial charge in [-0.1, -0.05) is 441 Å². The van der Waals surface area contributed by atoms with Crippen LogP contribution in [0.4, 0.5) is 19.2 Å². The highest BCUT2D eigenvalue weighted by Gasteiger charge is 2.64. The lowest BCUT2D eigenvalue weighted by molar-refractivity contribution is -0.318. The summed E-state index contributed by atoms with van der Waals surface area (Å²) in [6.07, 6.45) is 19.8. The molecule has 0 saturated carbocycles. The molecule has 148 heavy (non-hydrogen) atoms. The first kappa shape index (κ1) is 112. The molecule has 0 spiro atoms. The van der Waals surface area contributed by atoms with E-state index >= 15 is 0 Å². The maximum atomic E-state index is 14.8. The van der Waals surface area contributed by atoms with Crippen molar-refractivity contribution < 1.29 is 99.8 Å². The first-order chi connectivity index (χ1) is 72.7. The van der Waals surface area contributed by atoms with Gasteiger partial charge in [-0.2, -0.15) is 0 Å². The largest absolute Gasteiger partial charge is 0.509 e. The van der Waals surface area contributed by atoms with Gasteiger partial charge in [0.25, 0.3) is 0 Å². The van der Waals surface area contributed by atoms with Crippen molar-refractivity contribution in [1.82, 2.24) is 9.80 Å². The molecular formula is C125H154N2O21. The molecule has 5 fully saturated rings. The van der Waals surface area contributed by atoms with Crippen LogP contribution in [-0.2, 0) is 124 Å². The SMILES string of the molecule is CCCCCCCCCCCCCCC1OC(=O)O[C@H]1[C@H](CC[C@@]12OCC(O1)[C@H](OC(=O)c1ccccc1)[C@@H](OCc1ccccc1)C2OCc1ccccc1)N(Cc1ccccc1)C(=O)OCc1ccccc1.CCCCCCCCCCCCCCC1OC(=O)O[C@H]1[C@H](CC[C@H]1OC(COC(=O)c2ccccc2)[C@H](C)[C@@H](OCc2ccccc2)C1OCc1ccccc1)N(Cc1ccccc1)C(=O)OCc1ccccc1. The lowest BCUT2D eigenvalue weighted by atomic mass is 9.85. The molecule has 15 rings (SSSR count). The van der Waals surface area contributed by atoms with Gasteiger partial charge in [0.05, 0.1) is 74.6 Å². The second kappa shape index (κ2) is 61.8. The Hall–Kier alpha value is -12.1. The fourth-order valence-electron chi connectivity index (χ4n) is 20.7. The summed E-state index contributed by atoms with van der Waals surface area (Å²) in [4.78, 5) is 87.1. The molecule has 0 radical (unpaired) electrons. The third kappa shape index (κ3) is 35.3. The Labute approximate surface area is 876 Å². The second-order valence-electron chi connectivity index (χ2n) is 39.9. The molecule has 2 amide bonds. The number of fused-ring (bicyclic) bond motifs is 2. The highest BCUT2D eigenvalue weighted by Crippen LogP contribution is 2.47. The fourth-order valence-corrected chi connectivity index (χ4v) is 20.7. The zero-order chi connectivity index (χ0) is 103. The molecule has 5 heterocycles. The van der Waals surface area contributed by atoms with E-state index in [9.17, 15) is 28.8 Å². The molecular weight excluding hydrogens is 1870 g/mol. The Morgan fingerprint density at radius 1 is 0.331 bits per heavy atom. The molecule has 23 heteroatoms. The molecule has 10 aromatic carbocycles. The smallest absolute Gasteiger partial charge is 0.459 e. The van der Waals surface area contributed by atoms with Gasteiger partial charge in [0.15, 0.2) is 24.1 Å². The van der Waals surface area contributed by atoms with Crippen LogP contribution in [0, 0.1) is 5.92 Å². The molecule has 5 aliphatic heterocycles. The van der Waals surface area contributed by atoms with E-state index in [0.717, 1.165) is 83.0 Å². The zero-order valence-electron chi connectivity index (χ0n) is 86.8. The van der Waals surface area contributed by atoms with E-state index in [2.05, 4.69) is 20.8 Å². The Morgan fingerprint density at radius 2 is 0.662 bits per heavy atom. The minimum absolute atomic E-state index is 0.0213. The van der Waals surface area contributed by atoms with Gasteiger partial charge < -0.3 is 71.1 Å². The maximum Gasteiger partial charge on any atom is 0.509 e. The summed E-state index contributed by atoms with van der Waals surface area (Å²) in [7, 11) is 0. The molecule has 2 bridgehead atoms. The number of rotatable bonds is 61. The number of nitrogens with zero attached hydrogens (tertiary/aromatic N) is 2. The number of cyclic esters (lactones) is 4. The fraction of sp³-hybridized carbons (Fsp3) is 0.472. The molecule has 0 N–H and O–H groups in total. The van der Waals surface area contributed by atoms with Crippen LogP contribution in [0.1, 0.15) is 279 Å². The monoisotopic (exact) mass is 2020 g/mol. The van der Waals surface area contributed by atoms with Gasteiger partial charge in [0.1, 0.15) is 56.4 Å². The molecule has 5 aliphatic rings. The average Bonchev–Trinajstić information content (AvgIpc) is 1.57. The molecule has 790 valence electrons. The first-order valence-corrected chi connectivity index (χ1v) is 54.6. The van der Waals surface area contributed by atoms with Gasteiger partial charge in [0, 0.05) is 25.4 Å². The Bertz CT molecular complexity index is 5420. The summed E-state index contributed by atoms with van der Waals surface area (Å²) in [5, 5.41) is 0. The minimum atomic E-state index is -1.46. The third-order valence-corrected chi connectivity index (χ3v) is 28.9. The minimum Gasteiger partial charge on any atom is -0.459 e. The van der Waals surface area contributed by atoms with Gasteiger partial charge in [-0.3, -0.25) is 9.80 Å². The van der Waals surface area contributed by atoms with Crippen molar-refractivity contribution in [3.63, 3.8) is 0 Å². The number of amides is 2. The van der Waals surface area contributed by atoms with Gasteiger partial charge in [-0.15, -0.1) is 0 Å². The van der Waals surface area contributed by atoms with Gasteiger partial charge in [-0.05, 0) is 114 Å². The van der Waals surface area contributed by atoms with Crippen LogP contribution in [-0.4, -0.2) is 151 Å². The quantitative estimate of drug-likeness (QED) is 0.0195. The Kier molecular flexibility index (Phi) is 46.6. The number of ether oxygens (including phenoxy) is 15. The van der Waals surface area contributed by atoms with Crippen molar-refractivity contribution in [2.45, 2.75) is 357 Å². The first-order valence-electron chi connectivity index (χ1n) is 54.6. The second-order valence-corrected chi connectivity index (χ2v) is 39.9. The summed E-state index contributed by atoms with van der Waals surface area (Å²) in [6, 6.07) is 94.5. The highest BCUT2D eigenvalue weighted by atomic mass is 16.8. The van der Waals surface area contributed by atoms with Crippen molar-refractivity contribution in [2.75, 3.05) is 13.2 Å². The highest BCUT2D eigenvalue weighted by molar-refractivity contribution is 5.90. The number of unbranched alkanes of at least 4 members (excludes halogenated alkanes) is 22. The van der Waals surface area contributed by atoms with E-state index in [1.54, 1.807) is 58.3 Å². The number of esters is 2. The predicted octanol–water partition coefficient (Wildman–Crippen LogP) is 27.9. The van der Waals surface area contributed by atoms with Crippen LogP contribution in [0.25, 0.3) is 0 Å². The molecule has 0 aromatic heterocycles. The summed E-state index contributed by atoms with van der Waals surface area (Å²) in [5.41, 5.74) is 8.09. The zero-order valence-corrected chi connectivity index (χ0v) is 86.8. The van der Waals surface area contributed by atoms with E-state index < -0.39 is 128 Å². The number of hydrogen-bond donors (Lipinski definition) is 0. The van der Waals surface area contributed by atoms with Crippen molar-refractivity contribution in [1.29, 1.82) is 0 Å². The number of hydrogen-bond acceptors (Lipinski definition) is 21. The summed E-state index contributed by atoms with van der Waals surface area (Å²) >= 11 is 0. The molecule has 5 saturated heterocycles. The van der Waals surface area contributed by atoms with Crippen LogP contribution < -0.4 is 0 Å². The Morgan fingerprint density at radius 3 is 1.05 bits per heavy atom. The molecule has 16 atom stereocenters. The van der Waals surface area contributed by atoms with E-state index in [1.807, 2.05) is 255 Å². The molecule has 6 unspecified atom stereocenters. The van der Waals surface area contributed by atoms with Crippen molar-refractivity contribution in [3.05, 3.63) is 359 Å². The normalized spacial score (nSPS) is 21.6. The number of benzene rings is 10. The van der Waals surface area contributed by atoms with Crippen LogP contribution in [0.3, 0.4) is 0 Å². The summed E-state index contributed by atoms with van der Waals surface area (Å²) in [5.74, 6) is -2.71. The molecule has 10 aromatic rings. The van der Waals surface area contributed by atoms with Crippen molar-refractivity contribution in [2.24, 2.45) is 5.92 Å². The van der Waals surface area contributed by atoms with E-state index in [1.165, 1.54) is 116 Å². The van der Waals surface area contributed by atoms with Crippen molar-refractivity contribution >= 4 is 36.4 Å². The van der Waals surface area contributed by atoms with Crippen LogP contribution in [0.5, 0.6) is 0 Å². The standard InChI is InChI=1S/C63H79NO10.C62H75NO11/c1-3-4-5-6-7-8-9-10-11-12-13-29-40-55-59(74-63(67)73-55)54(64(43-49-30-19-14-20-31-49)62(66)71-46-52-36-25-17-26-37-52)41-42-56-60(69-45-51-34-23-16-24-35-51)58(68-44-50-32-21-15-22-33-50)48(2)57(72-56)47-70-61(65)53-38-27-18-28-39-53;1-2-3-4-5-6-7-8-9-10-11-12-28-39-53-55(73-61(66)71-53)52(63(42-47-29-18-13-19-30-47)60(65)69-45-50-35-24-16-25-36-50)40-41-62-58(68-44-49-33-22-15-23-34-49)57(67-43-48-31-20-14-21-32-48)56(54(74-62)46-70-62)72-59(64)51-37-26-17-27-38-51/h14-28,30-39,48,54-60H,3-13,29,40-47H2,1-2H3;13-27,29-38,52-58H,2-12,28,39-46H2,1H3/t48-,54-,55?,56+,57?,58+,59-,60?;52-,53?,54?,55-,56-,57+,58?,62+/m00/s1. The van der Waals surface area contributed by atoms with Crippen LogP contribution in [0.15, 0.2) is 303 Å².